The maximum atomic E-state index is 12.4. The third kappa shape index (κ3) is 4.92. The number of nitrogens with one attached hydrogen (secondary N) is 2. The Labute approximate surface area is 111 Å². The Morgan fingerprint density at radius 3 is 2.39 bits per heavy atom. The third-order valence-electron chi connectivity index (χ3n) is 3.26. The minimum atomic E-state index is -0.0603. The molecule has 1 aliphatic rings. The number of hydrogen-bond donors (Lipinski definition) is 2. The number of amides is 1. The van der Waals surface area contributed by atoms with Gasteiger partial charge in [-0.2, -0.15) is 0 Å². The lowest BCUT2D eigenvalue weighted by Gasteiger charge is -2.33. The van der Waals surface area contributed by atoms with Gasteiger partial charge >= 0.3 is 0 Å². The minimum Gasteiger partial charge on any atom is -0.340 e. The van der Waals surface area contributed by atoms with Gasteiger partial charge in [0.25, 0.3) is 0 Å². The first-order chi connectivity index (χ1) is 8.54. The van der Waals surface area contributed by atoms with Crippen LogP contribution >= 0.6 is 0 Å². The highest BCUT2D eigenvalue weighted by Gasteiger charge is 2.26. The molecule has 0 aromatic heterocycles. The molecule has 0 aromatic carbocycles. The van der Waals surface area contributed by atoms with Crippen LogP contribution in [-0.2, 0) is 4.79 Å². The summed E-state index contributed by atoms with van der Waals surface area (Å²) >= 11 is 0. The summed E-state index contributed by atoms with van der Waals surface area (Å²) in [6.45, 7) is 8.43. The molecule has 1 heterocycles. The number of piperazine rings is 1. The molecule has 106 valence electrons. The van der Waals surface area contributed by atoms with Gasteiger partial charge in [0, 0.05) is 38.8 Å². The van der Waals surface area contributed by atoms with Crippen LogP contribution in [0.25, 0.3) is 0 Å². The van der Waals surface area contributed by atoms with Crippen LogP contribution in [-0.4, -0.2) is 74.6 Å². The fraction of sp³-hybridized carbons (Fsp3) is 0.923. The zero-order chi connectivity index (χ0) is 13.5. The van der Waals surface area contributed by atoms with Crippen molar-refractivity contribution in [3.8, 4) is 0 Å². The zero-order valence-electron chi connectivity index (χ0n) is 12.2. The molecule has 1 saturated heterocycles. The Morgan fingerprint density at radius 1 is 1.17 bits per heavy atom. The first kappa shape index (κ1) is 15.4. The smallest absolute Gasteiger partial charge is 0.241 e. The number of nitrogens with zero attached hydrogens (tertiary/aromatic N) is 2. The first-order valence-electron chi connectivity index (χ1n) is 6.94. The van der Waals surface area contributed by atoms with E-state index >= 15 is 0 Å². The second-order valence-corrected chi connectivity index (χ2v) is 5.40. The number of rotatable bonds is 6. The molecule has 0 radical (unpaired) electrons. The highest BCUT2D eigenvalue weighted by atomic mass is 16.2. The van der Waals surface area contributed by atoms with Crippen molar-refractivity contribution in [2.45, 2.75) is 32.4 Å². The quantitative estimate of drug-likeness (QED) is 0.687. The lowest BCUT2D eigenvalue weighted by atomic mass is 10.1. The second kappa shape index (κ2) is 7.71. The van der Waals surface area contributed by atoms with Gasteiger partial charge in [0.2, 0.25) is 5.91 Å². The molecule has 0 aliphatic carbocycles. The fourth-order valence-electron chi connectivity index (χ4n) is 2.10. The minimum absolute atomic E-state index is 0.0603. The van der Waals surface area contributed by atoms with Crippen LogP contribution in [0.15, 0.2) is 0 Å². The molecule has 2 atom stereocenters. The molecule has 5 heteroatoms. The van der Waals surface area contributed by atoms with Crippen LogP contribution in [0.4, 0.5) is 0 Å². The van der Waals surface area contributed by atoms with E-state index in [1.807, 2.05) is 19.0 Å². The summed E-state index contributed by atoms with van der Waals surface area (Å²) in [5.41, 5.74) is 0. The molecule has 1 aliphatic heterocycles. The van der Waals surface area contributed by atoms with E-state index < -0.39 is 0 Å². The van der Waals surface area contributed by atoms with Crippen molar-refractivity contribution >= 4 is 5.91 Å². The van der Waals surface area contributed by atoms with Gasteiger partial charge in [-0.15, -0.1) is 0 Å². The van der Waals surface area contributed by atoms with Crippen molar-refractivity contribution in [1.29, 1.82) is 0 Å². The maximum Gasteiger partial charge on any atom is 0.241 e. The van der Waals surface area contributed by atoms with Gasteiger partial charge in [-0.05, 0) is 27.4 Å². The van der Waals surface area contributed by atoms with Gasteiger partial charge in [0.15, 0.2) is 0 Å². The SMILES string of the molecule is CCCN(CCN(C)C)C(=O)C1CNC(C)CN1. The summed E-state index contributed by atoms with van der Waals surface area (Å²) in [5.74, 6) is 0.234. The van der Waals surface area contributed by atoms with Crippen molar-refractivity contribution < 1.29 is 4.79 Å². The van der Waals surface area contributed by atoms with Crippen LogP contribution in [0.3, 0.4) is 0 Å². The second-order valence-electron chi connectivity index (χ2n) is 5.40. The van der Waals surface area contributed by atoms with Crippen molar-refractivity contribution in [3.63, 3.8) is 0 Å². The maximum absolute atomic E-state index is 12.4. The molecule has 0 aromatic rings. The molecule has 1 rings (SSSR count). The Hall–Kier alpha value is -0.650. The van der Waals surface area contributed by atoms with Gasteiger partial charge in [0.05, 0.1) is 6.04 Å². The Bertz CT molecular complexity index is 249. The van der Waals surface area contributed by atoms with Gasteiger partial charge in [-0.1, -0.05) is 6.92 Å². The van der Waals surface area contributed by atoms with Crippen molar-refractivity contribution in [2.24, 2.45) is 0 Å². The molecule has 1 amide bonds. The monoisotopic (exact) mass is 256 g/mol. The van der Waals surface area contributed by atoms with Gasteiger partial charge in [-0.3, -0.25) is 4.79 Å². The van der Waals surface area contributed by atoms with Gasteiger partial charge in [-0.25, -0.2) is 0 Å². The molecule has 18 heavy (non-hydrogen) atoms. The molecule has 5 nitrogen and oxygen atoms in total. The lowest BCUT2D eigenvalue weighted by molar-refractivity contribution is -0.134. The predicted octanol–water partition coefficient (Wildman–Crippen LogP) is -0.263. The molecule has 2 N–H and O–H groups in total. The Kier molecular flexibility index (Phi) is 6.60. The summed E-state index contributed by atoms with van der Waals surface area (Å²) in [6, 6.07) is 0.394. The summed E-state index contributed by atoms with van der Waals surface area (Å²) < 4.78 is 0. The third-order valence-corrected chi connectivity index (χ3v) is 3.26. The van der Waals surface area contributed by atoms with Crippen LogP contribution in [0.5, 0.6) is 0 Å². The van der Waals surface area contributed by atoms with Crippen LogP contribution in [0.1, 0.15) is 20.3 Å². The normalized spacial score (nSPS) is 24.3. The molecule has 2 unspecified atom stereocenters. The largest absolute Gasteiger partial charge is 0.340 e. The molecule has 0 saturated carbocycles. The average molecular weight is 256 g/mol. The van der Waals surface area contributed by atoms with E-state index in [1.54, 1.807) is 0 Å². The average Bonchev–Trinajstić information content (AvgIpc) is 2.34. The van der Waals surface area contributed by atoms with Crippen molar-refractivity contribution in [3.05, 3.63) is 0 Å². The van der Waals surface area contributed by atoms with E-state index in [0.717, 1.165) is 39.1 Å². The lowest BCUT2D eigenvalue weighted by Crippen LogP contribution is -2.60. The van der Waals surface area contributed by atoms with Crippen LogP contribution < -0.4 is 10.6 Å². The topological polar surface area (TPSA) is 47.6 Å². The van der Waals surface area contributed by atoms with Gasteiger partial charge in [0.1, 0.15) is 0 Å². The fourth-order valence-corrected chi connectivity index (χ4v) is 2.10. The van der Waals surface area contributed by atoms with Crippen molar-refractivity contribution in [2.75, 3.05) is 46.8 Å². The number of hydrogen-bond acceptors (Lipinski definition) is 4. The Balaban J connectivity index is 2.47. The highest BCUT2D eigenvalue weighted by molar-refractivity contribution is 5.82. The van der Waals surface area contributed by atoms with E-state index in [4.69, 9.17) is 0 Å². The summed E-state index contributed by atoms with van der Waals surface area (Å²) in [5, 5.41) is 6.68. The molecule has 0 bridgehead atoms. The van der Waals surface area contributed by atoms with E-state index in [1.165, 1.54) is 0 Å². The number of likely N-dealkylation sites (N-methyl/N-ethyl adjacent to an activating group) is 1. The van der Waals surface area contributed by atoms with E-state index in [9.17, 15) is 4.79 Å². The highest BCUT2D eigenvalue weighted by Crippen LogP contribution is 2.01. The summed E-state index contributed by atoms with van der Waals surface area (Å²) in [7, 11) is 4.08. The number of carbonyl (C=O) groups excluding carboxylic acids is 1. The molecular formula is C13H28N4O. The van der Waals surface area contributed by atoms with E-state index in [0.29, 0.717) is 6.04 Å². The number of carbonyl (C=O) groups is 1. The van der Waals surface area contributed by atoms with Crippen molar-refractivity contribution in [1.82, 2.24) is 20.4 Å². The summed E-state index contributed by atoms with van der Waals surface area (Å²) in [4.78, 5) is 16.5. The first-order valence-corrected chi connectivity index (χ1v) is 6.94. The summed E-state index contributed by atoms with van der Waals surface area (Å²) in [6.07, 6.45) is 1.01. The van der Waals surface area contributed by atoms with Gasteiger partial charge < -0.3 is 20.4 Å². The van der Waals surface area contributed by atoms with Crippen LogP contribution in [0, 0.1) is 0 Å². The van der Waals surface area contributed by atoms with Crippen LogP contribution in [0.2, 0.25) is 0 Å². The zero-order valence-corrected chi connectivity index (χ0v) is 12.2. The Morgan fingerprint density at radius 2 is 1.89 bits per heavy atom. The molecule has 0 spiro atoms. The molecule has 1 fully saturated rings. The van der Waals surface area contributed by atoms with E-state index in [-0.39, 0.29) is 11.9 Å². The van der Waals surface area contributed by atoms with E-state index in [2.05, 4.69) is 29.4 Å². The molecular weight excluding hydrogens is 228 g/mol. The predicted molar refractivity (Wildman–Crippen MR) is 74.7 cm³/mol. The standard InChI is InChI=1S/C13H28N4O/c1-5-6-17(8-7-16(3)4)13(18)12-10-14-11(2)9-15-12/h11-12,14-15H,5-10H2,1-4H3.